The number of benzene rings is 1. The summed E-state index contributed by atoms with van der Waals surface area (Å²) in [5.41, 5.74) is 0.942. The molecule has 1 amide bonds. The van der Waals surface area contributed by atoms with E-state index in [1.807, 2.05) is 30.3 Å². The summed E-state index contributed by atoms with van der Waals surface area (Å²) in [4.78, 5) is 22.5. The van der Waals surface area contributed by atoms with Crippen LogP contribution in [0.3, 0.4) is 0 Å². The van der Waals surface area contributed by atoms with Crippen molar-refractivity contribution in [3.63, 3.8) is 0 Å². The minimum atomic E-state index is -0.741. The summed E-state index contributed by atoms with van der Waals surface area (Å²) >= 11 is 0. The molecule has 0 spiro atoms. The first kappa shape index (κ1) is 14.4. The molecule has 5 nitrogen and oxygen atoms in total. The second-order valence-corrected chi connectivity index (χ2v) is 5.09. The molecule has 2 N–H and O–H groups in total. The Balaban J connectivity index is 1.69. The van der Waals surface area contributed by atoms with Crippen molar-refractivity contribution in [2.45, 2.75) is 38.3 Å². The minimum Gasteiger partial charge on any atom is -0.481 e. The molecule has 1 fully saturated rings. The van der Waals surface area contributed by atoms with E-state index in [2.05, 4.69) is 5.32 Å². The summed E-state index contributed by atoms with van der Waals surface area (Å²) in [5.74, 6) is -1.01. The van der Waals surface area contributed by atoms with Crippen LogP contribution in [-0.2, 0) is 16.1 Å². The Hall–Kier alpha value is -2.04. The number of amides is 1. The number of carbonyl (C=O) groups is 2. The van der Waals surface area contributed by atoms with Gasteiger partial charge in [0.1, 0.15) is 6.61 Å². The fraction of sp³-hybridized carbons (Fsp3) is 0.467. The fourth-order valence-corrected chi connectivity index (χ4v) is 2.42. The van der Waals surface area contributed by atoms with Crippen LogP contribution in [0.5, 0.6) is 0 Å². The van der Waals surface area contributed by atoms with E-state index >= 15 is 0 Å². The van der Waals surface area contributed by atoms with Crippen molar-refractivity contribution < 1.29 is 19.4 Å². The lowest BCUT2D eigenvalue weighted by atomic mass is 9.86. The molecule has 5 heteroatoms. The Bertz CT molecular complexity index is 452. The van der Waals surface area contributed by atoms with Crippen LogP contribution in [0.15, 0.2) is 30.3 Å². The molecule has 1 aliphatic rings. The third kappa shape index (κ3) is 4.26. The van der Waals surface area contributed by atoms with Crippen LogP contribution in [0.1, 0.15) is 31.2 Å². The molecule has 0 aliphatic heterocycles. The topological polar surface area (TPSA) is 75.6 Å². The quantitative estimate of drug-likeness (QED) is 0.886. The van der Waals surface area contributed by atoms with Crippen molar-refractivity contribution in [2.24, 2.45) is 5.92 Å². The van der Waals surface area contributed by atoms with Crippen molar-refractivity contribution >= 4 is 12.1 Å². The molecule has 1 aromatic rings. The molecular formula is C15H19NO4. The molecule has 1 saturated carbocycles. The van der Waals surface area contributed by atoms with Crippen LogP contribution >= 0.6 is 0 Å². The Morgan fingerprint density at radius 3 is 2.40 bits per heavy atom. The van der Waals surface area contributed by atoms with E-state index in [4.69, 9.17) is 9.84 Å². The lowest BCUT2D eigenvalue weighted by Crippen LogP contribution is -2.38. The van der Waals surface area contributed by atoms with E-state index in [1.165, 1.54) is 0 Å². The highest BCUT2D eigenvalue weighted by Crippen LogP contribution is 2.24. The monoisotopic (exact) mass is 277 g/mol. The van der Waals surface area contributed by atoms with E-state index in [0.29, 0.717) is 25.7 Å². The molecule has 0 saturated heterocycles. The molecule has 108 valence electrons. The number of carboxylic acid groups (broad SMARTS) is 1. The minimum absolute atomic E-state index is 0.0221. The molecule has 20 heavy (non-hydrogen) atoms. The Labute approximate surface area is 117 Å². The van der Waals surface area contributed by atoms with Gasteiger partial charge < -0.3 is 15.2 Å². The first-order valence-corrected chi connectivity index (χ1v) is 6.85. The largest absolute Gasteiger partial charge is 0.481 e. The molecule has 2 rings (SSSR count). The smallest absolute Gasteiger partial charge is 0.407 e. The normalized spacial score (nSPS) is 22.0. The first-order chi connectivity index (χ1) is 9.65. The summed E-state index contributed by atoms with van der Waals surface area (Å²) in [7, 11) is 0. The number of ether oxygens (including phenoxy) is 1. The zero-order valence-corrected chi connectivity index (χ0v) is 11.2. The molecule has 1 aliphatic carbocycles. The zero-order valence-electron chi connectivity index (χ0n) is 11.2. The first-order valence-electron chi connectivity index (χ1n) is 6.85. The number of hydrogen-bond acceptors (Lipinski definition) is 3. The van der Waals surface area contributed by atoms with Gasteiger partial charge >= 0.3 is 12.1 Å². The van der Waals surface area contributed by atoms with Gasteiger partial charge in [-0.3, -0.25) is 4.79 Å². The van der Waals surface area contributed by atoms with E-state index < -0.39 is 12.1 Å². The highest BCUT2D eigenvalue weighted by molar-refractivity contribution is 5.70. The van der Waals surface area contributed by atoms with Gasteiger partial charge in [0.05, 0.1) is 5.92 Å². The number of rotatable bonds is 4. The lowest BCUT2D eigenvalue weighted by molar-refractivity contribution is -0.142. The zero-order chi connectivity index (χ0) is 14.4. The number of carbonyl (C=O) groups excluding carboxylic acids is 1. The summed E-state index contributed by atoms with van der Waals surface area (Å²) in [6.45, 7) is 0.247. The number of hydrogen-bond donors (Lipinski definition) is 2. The van der Waals surface area contributed by atoms with Crippen molar-refractivity contribution in [3.05, 3.63) is 35.9 Å². The van der Waals surface area contributed by atoms with Gasteiger partial charge in [-0.2, -0.15) is 0 Å². The van der Waals surface area contributed by atoms with Gasteiger partial charge in [-0.1, -0.05) is 30.3 Å². The van der Waals surface area contributed by atoms with Gasteiger partial charge in [0.15, 0.2) is 0 Å². The van der Waals surface area contributed by atoms with Crippen molar-refractivity contribution in [3.8, 4) is 0 Å². The predicted molar refractivity (Wildman–Crippen MR) is 73.1 cm³/mol. The van der Waals surface area contributed by atoms with Gasteiger partial charge in [0.2, 0.25) is 0 Å². The third-order valence-corrected chi connectivity index (χ3v) is 3.61. The third-order valence-electron chi connectivity index (χ3n) is 3.61. The summed E-state index contributed by atoms with van der Waals surface area (Å²) in [6.07, 6.45) is 2.17. The summed E-state index contributed by atoms with van der Waals surface area (Å²) < 4.78 is 5.14. The summed E-state index contributed by atoms with van der Waals surface area (Å²) in [6, 6.07) is 9.50. The molecule has 0 atom stereocenters. The van der Waals surface area contributed by atoms with Crippen LogP contribution in [0.25, 0.3) is 0 Å². The van der Waals surface area contributed by atoms with Gasteiger partial charge in [0, 0.05) is 6.04 Å². The highest BCUT2D eigenvalue weighted by atomic mass is 16.5. The maximum atomic E-state index is 11.7. The average molecular weight is 277 g/mol. The summed E-state index contributed by atoms with van der Waals surface area (Å²) in [5, 5.41) is 11.7. The van der Waals surface area contributed by atoms with Crippen LogP contribution in [0, 0.1) is 5.92 Å². The predicted octanol–water partition coefficient (Wildman–Crippen LogP) is 2.56. The van der Waals surface area contributed by atoms with Crippen molar-refractivity contribution in [1.82, 2.24) is 5.32 Å². The standard InChI is InChI=1S/C15H19NO4/c17-14(18)12-6-8-13(9-7-12)16-15(19)20-10-11-4-2-1-3-5-11/h1-5,12-13H,6-10H2,(H,16,19)(H,17,18)/t12-,13+. The number of alkyl carbamates (subject to hydrolysis) is 1. The fourth-order valence-electron chi connectivity index (χ4n) is 2.42. The van der Waals surface area contributed by atoms with Crippen LogP contribution in [-0.4, -0.2) is 23.2 Å². The molecule has 0 heterocycles. The van der Waals surface area contributed by atoms with E-state index in [9.17, 15) is 9.59 Å². The van der Waals surface area contributed by atoms with Gasteiger partial charge in [-0.25, -0.2) is 4.79 Å². The van der Waals surface area contributed by atoms with Crippen molar-refractivity contribution in [1.29, 1.82) is 0 Å². The van der Waals surface area contributed by atoms with E-state index in [-0.39, 0.29) is 18.6 Å². The SMILES string of the molecule is O=C(N[C@H]1CC[C@@H](C(=O)O)CC1)OCc1ccccc1. The van der Waals surface area contributed by atoms with Crippen molar-refractivity contribution in [2.75, 3.05) is 0 Å². The second-order valence-electron chi connectivity index (χ2n) is 5.09. The Kier molecular flexibility index (Phi) is 4.98. The molecular weight excluding hydrogens is 258 g/mol. The van der Waals surface area contributed by atoms with Gasteiger partial charge in [0.25, 0.3) is 0 Å². The van der Waals surface area contributed by atoms with Crippen LogP contribution < -0.4 is 5.32 Å². The highest BCUT2D eigenvalue weighted by Gasteiger charge is 2.26. The molecule has 0 radical (unpaired) electrons. The van der Waals surface area contributed by atoms with E-state index in [0.717, 1.165) is 5.56 Å². The number of nitrogens with one attached hydrogen (secondary N) is 1. The van der Waals surface area contributed by atoms with Gasteiger partial charge in [-0.05, 0) is 31.2 Å². The van der Waals surface area contributed by atoms with E-state index in [1.54, 1.807) is 0 Å². The van der Waals surface area contributed by atoms with Crippen LogP contribution in [0.2, 0.25) is 0 Å². The second kappa shape index (κ2) is 6.93. The maximum Gasteiger partial charge on any atom is 0.407 e. The number of carboxylic acids is 1. The molecule has 0 unspecified atom stereocenters. The molecule has 1 aromatic carbocycles. The van der Waals surface area contributed by atoms with Crippen LogP contribution in [0.4, 0.5) is 4.79 Å². The Morgan fingerprint density at radius 1 is 1.15 bits per heavy atom. The van der Waals surface area contributed by atoms with Gasteiger partial charge in [-0.15, -0.1) is 0 Å². The molecule has 0 bridgehead atoms. The lowest BCUT2D eigenvalue weighted by Gasteiger charge is -2.26. The Morgan fingerprint density at radius 2 is 1.80 bits per heavy atom. The average Bonchev–Trinajstić information content (AvgIpc) is 2.47. The number of aliphatic carboxylic acids is 1. The maximum absolute atomic E-state index is 11.7. The molecule has 0 aromatic heterocycles.